The lowest BCUT2D eigenvalue weighted by Crippen LogP contribution is -2.30. The molecule has 61 heavy (non-hydrogen) atoms. The number of carbonyl (C=O) groups excluding carboxylic acids is 3. The lowest BCUT2D eigenvalue weighted by atomic mass is 10.0. The number of hydrogen-bond donors (Lipinski definition) is 0. The van der Waals surface area contributed by atoms with Crippen molar-refractivity contribution in [3.8, 4) is 0 Å². The van der Waals surface area contributed by atoms with Crippen molar-refractivity contribution in [3.63, 3.8) is 0 Å². The zero-order chi connectivity index (χ0) is 44.4. The van der Waals surface area contributed by atoms with Gasteiger partial charge < -0.3 is 14.2 Å². The average Bonchev–Trinajstić information content (AvgIpc) is 3.26. The molecule has 0 bridgehead atoms. The Balaban J connectivity index is 3.91. The molecule has 0 fully saturated rings. The van der Waals surface area contributed by atoms with Crippen LogP contribution in [-0.4, -0.2) is 37.2 Å². The maximum absolute atomic E-state index is 12.7. The summed E-state index contributed by atoms with van der Waals surface area (Å²) in [7, 11) is 0. The molecule has 0 N–H and O–H groups in total. The maximum Gasteiger partial charge on any atom is 0.306 e. The molecule has 1 atom stereocenters. The zero-order valence-corrected chi connectivity index (χ0v) is 41.2. The van der Waals surface area contributed by atoms with Gasteiger partial charge in [-0.05, 0) is 38.5 Å². The van der Waals surface area contributed by atoms with Gasteiger partial charge in [-0.15, -0.1) is 0 Å². The fourth-order valence-corrected chi connectivity index (χ4v) is 8.13. The molecule has 0 heterocycles. The standard InChI is InChI=1S/C55H104O6/c1-4-7-10-13-15-17-19-20-21-22-23-24-25-26-27-28-29-30-31-32-33-34-36-37-39-42-45-48-54(57)60-51-52(50-59-53(56)47-44-41-12-9-6-3)61-55(58)49-46-43-40-38-35-18-16-14-11-8-5-2/h14,16,52H,4-13,15,17-51H2,1-3H3/b16-14-. The lowest BCUT2D eigenvalue weighted by molar-refractivity contribution is -0.167. The molecular formula is C55H104O6. The highest BCUT2D eigenvalue weighted by molar-refractivity contribution is 5.71. The highest BCUT2D eigenvalue weighted by atomic mass is 16.6. The summed E-state index contributed by atoms with van der Waals surface area (Å²) < 4.78 is 16.6. The molecule has 0 aliphatic heterocycles. The first-order valence-corrected chi connectivity index (χ1v) is 27.2. The van der Waals surface area contributed by atoms with Crippen LogP contribution in [0.15, 0.2) is 12.2 Å². The number of unbranched alkanes of at least 4 members (excludes halogenated alkanes) is 37. The fraction of sp³-hybridized carbons (Fsp3) is 0.909. The smallest absolute Gasteiger partial charge is 0.306 e. The van der Waals surface area contributed by atoms with Crippen LogP contribution in [0.3, 0.4) is 0 Å². The molecule has 6 nitrogen and oxygen atoms in total. The number of hydrogen-bond acceptors (Lipinski definition) is 6. The molecule has 0 aliphatic rings. The van der Waals surface area contributed by atoms with Crippen LogP contribution in [0.2, 0.25) is 0 Å². The van der Waals surface area contributed by atoms with Crippen LogP contribution in [0.5, 0.6) is 0 Å². The molecule has 0 radical (unpaired) electrons. The number of allylic oxidation sites excluding steroid dienone is 2. The molecule has 0 saturated carbocycles. The van der Waals surface area contributed by atoms with E-state index in [0.29, 0.717) is 19.3 Å². The molecule has 1 unspecified atom stereocenters. The molecule has 0 amide bonds. The monoisotopic (exact) mass is 861 g/mol. The third-order valence-electron chi connectivity index (χ3n) is 12.3. The van der Waals surface area contributed by atoms with Crippen LogP contribution < -0.4 is 0 Å². The van der Waals surface area contributed by atoms with Gasteiger partial charge in [0.15, 0.2) is 6.10 Å². The third-order valence-corrected chi connectivity index (χ3v) is 12.3. The maximum atomic E-state index is 12.7. The Morgan fingerprint density at radius 1 is 0.311 bits per heavy atom. The molecule has 360 valence electrons. The predicted octanol–water partition coefficient (Wildman–Crippen LogP) is 17.8. The van der Waals surface area contributed by atoms with Gasteiger partial charge in [-0.1, -0.05) is 258 Å². The highest BCUT2D eigenvalue weighted by Gasteiger charge is 2.19. The molecular weight excluding hydrogens is 757 g/mol. The quantitative estimate of drug-likeness (QED) is 0.0262. The Bertz CT molecular complexity index is 947. The van der Waals surface area contributed by atoms with Gasteiger partial charge in [0.05, 0.1) is 0 Å². The van der Waals surface area contributed by atoms with Crippen LogP contribution in [0.1, 0.15) is 303 Å². The van der Waals surface area contributed by atoms with E-state index < -0.39 is 6.10 Å². The van der Waals surface area contributed by atoms with E-state index in [1.165, 1.54) is 193 Å². The molecule has 0 aromatic carbocycles. The van der Waals surface area contributed by atoms with E-state index >= 15 is 0 Å². The van der Waals surface area contributed by atoms with E-state index in [9.17, 15) is 14.4 Å². The molecule has 0 aromatic heterocycles. The molecule has 0 saturated heterocycles. The van der Waals surface area contributed by atoms with Crippen molar-refractivity contribution >= 4 is 17.9 Å². The first kappa shape index (κ1) is 59.1. The van der Waals surface area contributed by atoms with E-state index in [4.69, 9.17) is 14.2 Å². The number of ether oxygens (including phenoxy) is 3. The van der Waals surface area contributed by atoms with Crippen molar-refractivity contribution < 1.29 is 28.6 Å². The summed E-state index contributed by atoms with van der Waals surface area (Å²) >= 11 is 0. The Kier molecular flexibility index (Phi) is 49.3. The number of esters is 3. The van der Waals surface area contributed by atoms with Crippen molar-refractivity contribution in [2.45, 2.75) is 309 Å². The van der Waals surface area contributed by atoms with Gasteiger partial charge in [-0.25, -0.2) is 0 Å². The third kappa shape index (κ3) is 49.0. The Morgan fingerprint density at radius 3 is 0.869 bits per heavy atom. The highest BCUT2D eigenvalue weighted by Crippen LogP contribution is 2.17. The number of carbonyl (C=O) groups is 3. The Hall–Kier alpha value is -1.85. The second-order valence-electron chi connectivity index (χ2n) is 18.5. The van der Waals surface area contributed by atoms with Gasteiger partial charge in [0, 0.05) is 19.3 Å². The summed E-state index contributed by atoms with van der Waals surface area (Å²) in [5, 5.41) is 0. The Labute approximate surface area is 380 Å². The van der Waals surface area contributed by atoms with Crippen LogP contribution in [0, 0.1) is 0 Å². The number of rotatable bonds is 50. The largest absolute Gasteiger partial charge is 0.462 e. The lowest BCUT2D eigenvalue weighted by Gasteiger charge is -2.18. The van der Waals surface area contributed by atoms with E-state index in [1.807, 2.05) is 0 Å². The summed E-state index contributed by atoms with van der Waals surface area (Å²) in [5.41, 5.74) is 0. The van der Waals surface area contributed by atoms with Gasteiger partial charge >= 0.3 is 17.9 Å². The van der Waals surface area contributed by atoms with E-state index in [1.54, 1.807) is 0 Å². The van der Waals surface area contributed by atoms with Gasteiger partial charge in [0.1, 0.15) is 13.2 Å². The Morgan fingerprint density at radius 2 is 0.557 bits per heavy atom. The zero-order valence-electron chi connectivity index (χ0n) is 41.2. The minimum Gasteiger partial charge on any atom is -0.462 e. The fourth-order valence-electron chi connectivity index (χ4n) is 8.13. The van der Waals surface area contributed by atoms with E-state index in [2.05, 4.69) is 32.9 Å². The topological polar surface area (TPSA) is 78.9 Å². The minimum atomic E-state index is -0.765. The summed E-state index contributed by atoms with van der Waals surface area (Å²) in [4.78, 5) is 37.6. The predicted molar refractivity (Wildman–Crippen MR) is 261 cm³/mol. The van der Waals surface area contributed by atoms with Crippen LogP contribution in [0.4, 0.5) is 0 Å². The van der Waals surface area contributed by atoms with E-state index in [0.717, 1.165) is 70.6 Å². The van der Waals surface area contributed by atoms with Crippen molar-refractivity contribution in [1.82, 2.24) is 0 Å². The van der Waals surface area contributed by atoms with Gasteiger partial charge in [-0.3, -0.25) is 14.4 Å². The first-order valence-electron chi connectivity index (χ1n) is 27.2. The van der Waals surface area contributed by atoms with Crippen molar-refractivity contribution in [2.24, 2.45) is 0 Å². The van der Waals surface area contributed by atoms with Gasteiger partial charge in [0.2, 0.25) is 0 Å². The van der Waals surface area contributed by atoms with Crippen LogP contribution in [0.25, 0.3) is 0 Å². The summed E-state index contributed by atoms with van der Waals surface area (Å²) in [6, 6.07) is 0. The van der Waals surface area contributed by atoms with Crippen LogP contribution in [-0.2, 0) is 28.6 Å². The SMILES string of the molecule is CCCC/C=C\CCCCCCCC(=O)OC(COC(=O)CCCCCCC)COC(=O)CCCCCCCCCCCCCCCCCCCCCCCCCCCCC. The first-order chi connectivity index (χ1) is 30.0. The van der Waals surface area contributed by atoms with Crippen molar-refractivity contribution in [1.29, 1.82) is 0 Å². The molecule has 0 spiro atoms. The van der Waals surface area contributed by atoms with Crippen molar-refractivity contribution in [2.75, 3.05) is 13.2 Å². The average molecular weight is 861 g/mol. The normalized spacial score (nSPS) is 12.0. The summed E-state index contributed by atoms with van der Waals surface area (Å²) in [6.45, 7) is 6.54. The van der Waals surface area contributed by atoms with Crippen LogP contribution >= 0.6 is 0 Å². The second-order valence-corrected chi connectivity index (χ2v) is 18.5. The van der Waals surface area contributed by atoms with E-state index in [-0.39, 0.29) is 31.1 Å². The molecule has 0 rings (SSSR count). The van der Waals surface area contributed by atoms with Gasteiger partial charge in [0.25, 0.3) is 0 Å². The second kappa shape index (κ2) is 50.8. The molecule has 6 heteroatoms. The molecule has 0 aromatic rings. The van der Waals surface area contributed by atoms with Crippen molar-refractivity contribution in [3.05, 3.63) is 12.2 Å². The van der Waals surface area contributed by atoms with Gasteiger partial charge in [-0.2, -0.15) is 0 Å². The summed E-state index contributed by atoms with van der Waals surface area (Å²) in [5.74, 6) is -0.881. The molecule has 0 aliphatic carbocycles. The summed E-state index contributed by atoms with van der Waals surface area (Å²) in [6.07, 6.45) is 57.0. The minimum absolute atomic E-state index is 0.0698.